The Hall–Kier alpha value is -0.940. The monoisotopic (exact) mass is 256 g/mol. The van der Waals surface area contributed by atoms with E-state index in [-0.39, 0.29) is 18.2 Å². The van der Waals surface area contributed by atoms with Crippen molar-refractivity contribution in [1.29, 1.82) is 0 Å². The number of nitrogens with zero attached hydrogens (tertiary/aromatic N) is 1. The Morgan fingerprint density at radius 3 is 2.65 bits per heavy atom. The van der Waals surface area contributed by atoms with E-state index in [1.165, 1.54) is 11.3 Å². The highest BCUT2D eigenvalue weighted by Gasteiger charge is 2.15. The molecule has 1 unspecified atom stereocenters. The molecule has 0 saturated carbocycles. The van der Waals surface area contributed by atoms with Crippen molar-refractivity contribution in [2.75, 3.05) is 5.32 Å². The molecule has 1 atom stereocenters. The van der Waals surface area contributed by atoms with E-state index in [1.807, 2.05) is 27.7 Å². The van der Waals surface area contributed by atoms with Gasteiger partial charge in [-0.1, -0.05) is 20.8 Å². The van der Waals surface area contributed by atoms with Crippen molar-refractivity contribution in [3.05, 3.63) is 10.6 Å². The van der Waals surface area contributed by atoms with Crippen LogP contribution in [0.2, 0.25) is 0 Å². The highest BCUT2D eigenvalue weighted by molar-refractivity contribution is 7.15. The fourth-order valence-electron chi connectivity index (χ4n) is 1.41. The van der Waals surface area contributed by atoms with E-state index in [0.717, 1.165) is 17.0 Å². The number of aromatic nitrogens is 1. The Labute approximate surface area is 106 Å². The van der Waals surface area contributed by atoms with E-state index in [1.54, 1.807) is 0 Å². The molecule has 2 N–H and O–H groups in total. The van der Waals surface area contributed by atoms with Crippen molar-refractivity contribution in [1.82, 2.24) is 4.98 Å². The molecule has 1 amide bonds. The van der Waals surface area contributed by atoms with Crippen molar-refractivity contribution in [3.8, 4) is 0 Å². The van der Waals surface area contributed by atoms with Crippen LogP contribution < -0.4 is 5.32 Å². The standard InChI is InChI=1S/C12H20N2O2S/c1-5-9-8(4)17-12(13-9)14-11(16)6-10(15)7(2)3/h7,10,15H,5-6H2,1-4H3,(H,13,14,16). The second kappa shape index (κ2) is 6.12. The summed E-state index contributed by atoms with van der Waals surface area (Å²) in [5, 5.41) is 13.0. The molecule has 1 heterocycles. The van der Waals surface area contributed by atoms with Gasteiger partial charge in [-0.15, -0.1) is 11.3 Å². The van der Waals surface area contributed by atoms with Crippen molar-refractivity contribution < 1.29 is 9.90 Å². The molecule has 0 radical (unpaired) electrons. The summed E-state index contributed by atoms with van der Waals surface area (Å²) in [7, 11) is 0. The van der Waals surface area contributed by atoms with Gasteiger partial charge in [-0.05, 0) is 19.3 Å². The molecule has 1 rings (SSSR count). The van der Waals surface area contributed by atoms with Gasteiger partial charge >= 0.3 is 0 Å². The maximum atomic E-state index is 11.6. The highest BCUT2D eigenvalue weighted by Crippen LogP contribution is 2.22. The summed E-state index contributed by atoms with van der Waals surface area (Å²) in [4.78, 5) is 17.1. The number of rotatable bonds is 5. The van der Waals surface area contributed by atoms with Gasteiger partial charge in [0.2, 0.25) is 5.91 Å². The quantitative estimate of drug-likeness (QED) is 0.850. The molecule has 0 spiro atoms. The van der Waals surface area contributed by atoms with Gasteiger partial charge in [0.15, 0.2) is 5.13 Å². The lowest BCUT2D eigenvalue weighted by Crippen LogP contribution is -2.23. The van der Waals surface area contributed by atoms with Gasteiger partial charge in [0.25, 0.3) is 0 Å². The predicted molar refractivity (Wildman–Crippen MR) is 70.3 cm³/mol. The summed E-state index contributed by atoms with van der Waals surface area (Å²) in [5.74, 6) is -0.0902. The molecule has 96 valence electrons. The lowest BCUT2D eigenvalue weighted by Gasteiger charge is -2.12. The lowest BCUT2D eigenvalue weighted by molar-refractivity contribution is -0.118. The number of thiazole rings is 1. The van der Waals surface area contributed by atoms with Gasteiger partial charge in [-0.3, -0.25) is 4.79 Å². The third kappa shape index (κ3) is 4.09. The number of amides is 1. The molecule has 0 aliphatic heterocycles. The number of hydrogen-bond acceptors (Lipinski definition) is 4. The van der Waals surface area contributed by atoms with E-state index in [2.05, 4.69) is 10.3 Å². The Balaban J connectivity index is 2.56. The van der Waals surface area contributed by atoms with Gasteiger partial charge in [0.05, 0.1) is 18.2 Å². The number of hydrogen-bond donors (Lipinski definition) is 2. The van der Waals surface area contributed by atoms with E-state index < -0.39 is 6.10 Å². The van der Waals surface area contributed by atoms with Gasteiger partial charge in [0, 0.05) is 4.88 Å². The molecule has 1 aromatic rings. The first-order chi connectivity index (χ1) is 7.93. The molecule has 4 nitrogen and oxygen atoms in total. The fraction of sp³-hybridized carbons (Fsp3) is 0.667. The Morgan fingerprint density at radius 2 is 2.18 bits per heavy atom. The molecular formula is C12H20N2O2S. The Bertz CT molecular complexity index is 388. The smallest absolute Gasteiger partial charge is 0.228 e. The highest BCUT2D eigenvalue weighted by atomic mass is 32.1. The number of carbonyl (C=O) groups excluding carboxylic acids is 1. The van der Waals surface area contributed by atoms with Gasteiger partial charge in [0.1, 0.15) is 0 Å². The van der Waals surface area contributed by atoms with Gasteiger partial charge < -0.3 is 10.4 Å². The number of aryl methyl sites for hydroxylation is 2. The lowest BCUT2D eigenvalue weighted by atomic mass is 10.0. The average molecular weight is 256 g/mol. The zero-order valence-corrected chi connectivity index (χ0v) is 11.6. The fourth-order valence-corrected chi connectivity index (χ4v) is 2.32. The second-order valence-electron chi connectivity index (χ2n) is 4.44. The van der Waals surface area contributed by atoms with Crippen LogP contribution in [0.5, 0.6) is 0 Å². The van der Waals surface area contributed by atoms with E-state index in [4.69, 9.17) is 0 Å². The first-order valence-corrected chi connectivity index (χ1v) is 6.69. The minimum atomic E-state index is -0.596. The molecule has 17 heavy (non-hydrogen) atoms. The molecule has 0 aromatic carbocycles. The number of aliphatic hydroxyl groups excluding tert-OH is 1. The molecule has 5 heteroatoms. The molecule has 1 aromatic heterocycles. The number of aliphatic hydroxyl groups is 1. The van der Waals surface area contributed by atoms with Gasteiger partial charge in [-0.25, -0.2) is 4.98 Å². The summed E-state index contributed by atoms with van der Waals surface area (Å²) >= 11 is 1.48. The summed E-state index contributed by atoms with van der Waals surface area (Å²) in [6.07, 6.45) is 0.395. The number of nitrogens with one attached hydrogen (secondary N) is 1. The third-order valence-corrected chi connectivity index (χ3v) is 3.57. The zero-order valence-electron chi connectivity index (χ0n) is 10.8. The SMILES string of the molecule is CCc1nc(NC(=O)CC(O)C(C)C)sc1C. The molecule has 0 fully saturated rings. The number of carbonyl (C=O) groups is 1. The van der Waals surface area contributed by atoms with Crippen LogP contribution >= 0.6 is 11.3 Å². The molecular weight excluding hydrogens is 236 g/mol. The molecule has 0 aliphatic rings. The molecule has 0 bridgehead atoms. The van der Waals surface area contributed by atoms with Crippen LogP contribution in [0.4, 0.5) is 5.13 Å². The van der Waals surface area contributed by atoms with E-state index >= 15 is 0 Å². The minimum absolute atomic E-state index is 0.0879. The summed E-state index contributed by atoms with van der Waals surface area (Å²) in [6.45, 7) is 7.81. The zero-order chi connectivity index (χ0) is 13.0. The molecule has 0 saturated heterocycles. The van der Waals surface area contributed by atoms with Crippen LogP contribution in [-0.2, 0) is 11.2 Å². The second-order valence-corrected chi connectivity index (χ2v) is 5.64. The maximum Gasteiger partial charge on any atom is 0.228 e. The first kappa shape index (κ1) is 14.1. The topological polar surface area (TPSA) is 62.2 Å². The van der Waals surface area contributed by atoms with Crippen LogP contribution in [0.1, 0.15) is 37.8 Å². The Morgan fingerprint density at radius 1 is 1.53 bits per heavy atom. The van der Waals surface area contributed by atoms with Crippen molar-refractivity contribution in [3.63, 3.8) is 0 Å². The van der Waals surface area contributed by atoms with Crippen LogP contribution in [-0.4, -0.2) is 22.1 Å². The number of anilines is 1. The minimum Gasteiger partial charge on any atom is -0.392 e. The summed E-state index contributed by atoms with van der Waals surface area (Å²) in [6, 6.07) is 0. The van der Waals surface area contributed by atoms with Gasteiger partial charge in [-0.2, -0.15) is 0 Å². The predicted octanol–water partition coefficient (Wildman–Crippen LogP) is 2.36. The molecule has 0 aliphatic carbocycles. The van der Waals surface area contributed by atoms with E-state index in [0.29, 0.717) is 5.13 Å². The summed E-state index contributed by atoms with van der Waals surface area (Å²) < 4.78 is 0. The van der Waals surface area contributed by atoms with E-state index in [9.17, 15) is 9.90 Å². The first-order valence-electron chi connectivity index (χ1n) is 5.88. The largest absolute Gasteiger partial charge is 0.392 e. The van der Waals surface area contributed by atoms with Crippen molar-refractivity contribution in [2.45, 2.75) is 46.6 Å². The Kier molecular flexibility index (Phi) is 5.08. The third-order valence-electron chi connectivity index (χ3n) is 2.64. The average Bonchev–Trinajstić information content (AvgIpc) is 2.58. The van der Waals surface area contributed by atoms with Crippen LogP contribution in [0, 0.1) is 12.8 Å². The normalized spacial score (nSPS) is 12.8. The summed E-state index contributed by atoms with van der Waals surface area (Å²) in [5.41, 5.74) is 1.02. The van der Waals surface area contributed by atoms with Crippen molar-refractivity contribution >= 4 is 22.4 Å². The van der Waals surface area contributed by atoms with Crippen LogP contribution in [0.3, 0.4) is 0 Å². The van der Waals surface area contributed by atoms with Crippen LogP contribution in [0.25, 0.3) is 0 Å². The van der Waals surface area contributed by atoms with Crippen LogP contribution in [0.15, 0.2) is 0 Å². The van der Waals surface area contributed by atoms with Crippen molar-refractivity contribution in [2.24, 2.45) is 5.92 Å². The maximum absolute atomic E-state index is 11.6.